The SMILES string of the molecule is CC(=O)N(c1ccccc1)c1nc(C=CC(=O)N2CC(=O)Nc3ccccc32)cs1. The molecule has 0 fully saturated rings. The van der Waals surface area contributed by atoms with Gasteiger partial charge in [0.2, 0.25) is 11.8 Å². The molecule has 2 heterocycles. The molecular weight excluding hydrogens is 400 g/mol. The molecule has 0 atom stereocenters. The second-order valence-electron chi connectivity index (χ2n) is 6.57. The van der Waals surface area contributed by atoms with Gasteiger partial charge in [0, 0.05) is 18.4 Å². The molecule has 2 aromatic carbocycles. The maximum absolute atomic E-state index is 12.7. The van der Waals surface area contributed by atoms with Crippen molar-refractivity contribution in [1.82, 2.24) is 4.98 Å². The summed E-state index contributed by atoms with van der Waals surface area (Å²) in [4.78, 5) is 44.2. The van der Waals surface area contributed by atoms with Gasteiger partial charge in [0.15, 0.2) is 5.13 Å². The predicted octanol–water partition coefficient (Wildman–Crippen LogP) is 3.83. The summed E-state index contributed by atoms with van der Waals surface area (Å²) in [6, 6.07) is 16.4. The van der Waals surface area contributed by atoms with E-state index in [0.717, 1.165) is 5.69 Å². The Kier molecular flexibility index (Phi) is 5.40. The quantitative estimate of drug-likeness (QED) is 0.653. The van der Waals surface area contributed by atoms with Crippen LogP contribution in [0.25, 0.3) is 6.08 Å². The van der Waals surface area contributed by atoms with E-state index in [2.05, 4.69) is 10.3 Å². The van der Waals surface area contributed by atoms with Crippen molar-refractivity contribution in [1.29, 1.82) is 0 Å². The molecule has 7 nitrogen and oxygen atoms in total. The van der Waals surface area contributed by atoms with Crippen LogP contribution >= 0.6 is 11.3 Å². The van der Waals surface area contributed by atoms with Gasteiger partial charge in [-0.1, -0.05) is 30.3 Å². The van der Waals surface area contributed by atoms with E-state index in [-0.39, 0.29) is 24.3 Å². The van der Waals surface area contributed by atoms with Crippen molar-refractivity contribution in [3.8, 4) is 0 Å². The Balaban J connectivity index is 1.55. The van der Waals surface area contributed by atoms with Crippen molar-refractivity contribution in [2.75, 3.05) is 21.7 Å². The second kappa shape index (κ2) is 8.30. The number of nitrogens with zero attached hydrogens (tertiary/aromatic N) is 3. The van der Waals surface area contributed by atoms with E-state index in [1.54, 1.807) is 29.7 Å². The molecule has 0 saturated carbocycles. The Bertz CT molecular complexity index is 1140. The number of carbonyl (C=O) groups excluding carboxylic acids is 3. The fourth-order valence-corrected chi connectivity index (χ4v) is 3.99. The fourth-order valence-electron chi connectivity index (χ4n) is 3.14. The molecule has 0 spiro atoms. The zero-order valence-corrected chi connectivity index (χ0v) is 16.9. The van der Waals surface area contributed by atoms with E-state index in [9.17, 15) is 14.4 Å². The summed E-state index contributed by atoms with van der Waals surface area (Å²) in [5.74, 6) is -0.720. The Hall–Kier alpha value is -3.78. The third kappa shape index (κ3) is 3.99. The summed E-state index contributed by atoms with van der Waals surface area (Å²) in [7, 11) is 0. The van der Waals surface area contributed by atoms with Crippen LogP contribution < -0.4 is 15.1 Å². The molecule has 1 aliphatic rings. The summed E-state index contributed by atoms with van der Waals surface area (Å²) in [5, 5.41) is 5.05. The van der Waals surface area contributed by atoms with Gasteiger partial charge in [-0.3, -0.25) is 24.2 Å². The number of rotatable bonds is 4. The standard InChI is InChI=1S/C22H18N4O3S/c1-15(27)26(17-7-3-2-4-8-17)22-23-16(14-30-22)11-12-21(29)25-13-20(28)24-18-9-5-6-10-19(18)25/h2-12,14H,13H2,1H3,(H,24,28). The van der Waals surface area contributed by atoms with Gasteiger partial charge in [0.25, 0.3) is 5.91 Å². The summed E-state index contributed by atoms with van der Waals surface area (Å²) in [5.41, 5.74) is 2.53. The van der Waals surface area contributed by atoms with Crippen LogP contribution in [0.2, 0.25) is 0 Å². The first-order valence-corrected chi connectivity index (χ1v) is 10.1. The van der Waals surface area contributed by atoms with Crippen molar-refractivity contribution < 1.29 is 14.4 Å². The average Bonchev–Trinajstić information content (AvgIpc) is 3.20. The number of aromatic nitrogens is 1. The molecule has 3 amide bonds. The van der Waals surface area contributed by atoms with Gasteiger partial charge >= 0.3 is 0 Å². The molecule has 0 aliphatic carbocycles. The zero-order valence-electron chi connectivity index (χ0n) is 16.1. The van der Waals surface area contributed by atoms with Crippen molar-refractivity contribution in [3.63, 3.8) is 0 Å². The van der Waals surface area contributed by atoms with Gasteiger partial charge in [-0.05, 0) is 30.3 Å². The van der Waals surface area contributed by atoms with Crippen LogP contribution in [0, 0.1) is 0 Å². The maximum Gasteiger partial charge on any atom is 0.251 e. The minimum Gasteiger partial charge on any atom is -0.323 e. The van der Waals surface area contributed by atoms with E-state index >= 15 is 0 Å². The van der Waals surface area contributed by atoms with Gasteiger partial charge in [-0.2, -0.15) is 0 Å². The monoisotopic (exact) mass is 418 g/mol. The highest BCUT2D eigenvalue weighted by molar-refractivity contribution is 7.14. The lowest BCUT2D eigenvalue weighted by Crippen LogP contribution is -2.41. The smallest absolute Gasteiger partial charge is 0.251 e. The van der Waals surface area contributed by atoms with Crippen LogP contribution in [0.1, 0.15) is 12.6 Å². The number of amides is 3. The van der Waals surface area contributed by atoms with Crippen LogP contribution in [0.4, 0.5) is 22.2 Å². The molecule has 30 heavy (non-hydrogen) atoms. The third-order valence-electron chi connectivity index (χ3n) is 4.46. The van der Waals surface area contributed by atoms with Gasteiger partial charge in [0.1, 0.15) is 6.54 Å². The van der Waals surface area contributed by atoms with Crippen molar-refractivity contribution >= 4 is 57.3 Å². The number of benzene rings is 2. The number of anilines is 4. The Morgan fingerprint density at radius 2 is 1.87 bits per heavy atom. The summed E-state index contributed by atoms with van der Waals surface area (Å²) >= 11 is 1.31. The number of para-hydroxylation sites is 3. The maximum atomic E-state index is 12.7. The van der Waals surface area contributed by atoms with E-state index in [1.165, 1.54) is 34.1 Å². The first kappa shape index (κ1) is 19.5. The van der Waals surface area contributed by atoms with Gasteiger partial charge in [-0.15, -0.1) is 11.3 Å². The Labute approximate surface area is 177 Å². The highest BCUT2D eigenvalue weighted by Crippen LogP contribution is 2.30. The molecule has 0 bridgehead atoms. The third-order valence-corrected chi connectivity index (χ3v) is 5.31. The highest BCUT2D eigenvalue weighted by Gasteiger charge is 2.25. The lowest BCUT2D eigenvalue weighted by Gasteiger charge is -2.28. The van der Waals surface area contributed by atoms with Gasteiger partial charge in [0.05, 0.1) is 22.8 Å². The molecule has 0 saturated heterocycles. The minimum absolute atomic E-state index is 0.0470. The van der Waals surface area contributed by atoms with Gasteiger partial charge in [-0.25, -0.2) is 4.98 Å². The summed E-state index contributed by atoms with van der Waals surface area (Å²) in [6.07, 6.45) is 2.97. The molecule has 1 aromatic heterocycles. The van der Waals surface area contributed by atoms with E-state index in [1.807, 2.05) is 36.4 Å². The molecule has 8 heteroatoms. The Morgan fingerprint density at radius 1 is 1.13 bits per heavy atom. The van der Waals surface area contributed by atoms with Crippen LogP contribution in [0.3, 0.4) is 0 Å². The lowest BCUT2D eigenvalue weighted by atomic mass is 10.2. The molecule has 3 aromatic rings. The van der Waals surface area contributed by atoms with E-state index in [0.29, 0.717) is 22.2 Å². The minimum atomic E-state index is -0.321. The van der Waals surface area contributed by atoms with Crippen LogP contribution in [0.15, 0.2) is 66.1 Å². The number of nitrogens with one attached hydrogen (secondary N) is 1. The Morgan fingerprint density at radius 3 is 2.63 bits per heavy atom. The fraction of sp³-hybridized carbons (Fsp3) is 0.0909. The molecule has 1 aliphatic heterocycles. The van der Waals surface area contributed by atoms with Crippen molar-refractivity contribution in [3.05, 3.63) is 71.7 Å². The first-order chi connectivity index (χ1) is 14.5. The highest BCUT2D eigenvalue weighted by atomic mass is 32.1. The first-order valence-electron chi connectivity index (χ1n) is 9.22. The van der Waals surface area contributed by atoms with E-state index < -0.39 is 0 Å². The lowest BCUT2D eigenvalue weighted by molar-refractivity contribution is -0.119. The molecule has 0 radical (unpaired) electrons. The average molecular weight is 418 g/mol. The van der Waals surface area contributed by atoms with Crippen LogP contribution in [-0.2, 0) is 14.4 Å². The predicted molar refractivity (Wildman–Crippen MR) is 118 cm³/mol. The molecule has 0 unspecified atom stereocenters. The van der Waals surface area contributed by atoms with Crippen LogP contribution in [-0.4, -0.2) is 29.3 Å². The normalized spacial score (nSPS) is 13.1. The number of hydrogen-bond donors (Lipinski definition) is 1. The molecule has 1 N–H and O–H groups in total. The largest absolute Gasteiger partial charge is 0.323 e. The molecule has 150 valence electrons. The summed E-state index contributed by atoms with van der Waals surface area (Å²) in [6.45, 7) is 1.43. The number of fused-ring (bicyclic) bond motifs is 1. The van der Waals surface area contributed by atoms with Crippen LogP contribution in [0.5, 0.6) is 0 Å². The van der Waals surface area contributed by atoms with Gasteiger partial charge < -0.3 is 5.32 Å². The molecular formula is C22H18N4O3S. The zero-order chi connectivity index (χ0) is 21.1. The molecule has 4 rings (SSSR count). The van der Waals surface area contributed by atoms with Crippen molar-refractivity contribution in [2.45, 2.75) is 6.92 Å². The number of carbonyl (C=O) groups is 3. The van der Waals surface area contributed by atoms with E-state index in [4.69, 9.17) is 0 Å². The summed E-state index contributed by atoms with van der Waals surface area (Å²) < 4.78 is 0. The topological polar surface area (TPSA) is 82.6 Å². The van der Waals surface area contributed by atoms with Crippen molar-refractivity contribution in [2.24, 2.45) is 0 Å². The number of hydrogen-bond acceptors (Lipinski definition) is 5. The second-order valence-corrected chi connectivity index (χ2v) is 7.40. The number of thiazole rings is 1.